The summed E-state index contributed by atoms with van der Waals surface area (Å²) in [4.78, 5) is 4.15. The van der Waals surface area contributed by atoms with Crippen molar-refractivity contribution in [3.63, 3.8) is 0 Å². The summed E-state index contributed by atoms with van der Waals surface area (Å²) in [6.45, 7) is 1.87. The number of hydrogen-bond donors (Lipinski definition) is 1. The maximum absolute atomic E-state index is 5.57. The lowest BCUT2D eigenvalue weighted by Gasteiger charge is -2.19. The highest BCUT2D eigenvalue weighted by Crippen LogP contribution is 2.31. The standard InChI is InChI=1S/C15H16N2O3/c1-18-15-12(3-2-6-16-15)17-10-11-4-5-13-14(9-11)20-8-7-19-13/h2-6,9,17H,7-8,10H2,1H3. The zero-order valence-corrected chi connectivity index (χ0v) is 11.3. The van der Waals surface area contributed by atoms with Crippen LogP contribution in [0.4, 0.5) is 5.69 Å². The molecule has 1 aromatic carbocycles. The molecule has 0 amide bonds. The summed E-state index contributed by atoms with van der Waals surface area (Å²) in [6.07, 6.45) is 1.70. The highest BCUT2D eigenvalue weighted by Gasteiger charge is 2.11. The highest BCUT2D eigenvalue weighted by atomic mass is 16.6. The van der Waals surface area contributed by atoms with Crippen LogP contribution in [0.3, 0.4) is 0 Å². The first-order valence-electron chi connectivity index (χ1n) is 6.48. The summed E-state index contributed by atoms with van der Waals surface area (Å²) in [5, 5.41) is 3.30. The Kier molecular flexibility index (Phi) is 3.58. The van der Waals surface area contributed by atoms with E-state index in [0.29, 0.717) is 25.6 Å². The molecule has 1 aliphatic rings. The van der Waals surface area contributed by atoms with Crippen molar-refractivity contribution in [2.45, 2.75) is 6.54 Å². The highest BCUT2D eigenvalue weighted by molar-refractivity contribution is 5.53. The minimum atomic E-state index is 0.588. The lowest BCUT2D eigenvalue weighted by Crippen LogP contribution is -2.15. The number of benzene rings is 1. The first kappa shape index (κ1) is 12.6. The smallest absolute Gasteiger partial charge is 0.237 e. The van der Waals surface area contributed by atoms with E-state index < -0.39 is 0 Å². The van der Waals surface area contributed by atoms with Gasteiger partial charge in [0.2, 0.25) is 5.88 Å². The summed E-state index contributed by atoms with van der Waals surface area (Å²) in [5.41, 5.74) is 1.98. The lowest BCUT2D eigenvalue weighted by molar-refractivity contribution is 0.171. The molecule has 3 rings (SSSR count). The number of ether oxygens (including phenoxy) is 3. The third-order valence-corrected chi connectivity index (χ3v) is 3.05. The van der Waals surface area contributed by atoms with E-state index in [1.807, 2.05) is 30.3 Å². The second kappa shape index (κ2) is 5.69. The van der Waals surface area contributed by atoms with Crippen molar-refractivity contribution in [1.29, 1.82) is 0 Å². The van der Waals surface area contributed by atoms with Gasteiger partial charge in [-0.1, -0.05) is 6.07 Å². The molecule has 1 aliphatic heterocycles. The number of rotatable bonds is 4. The predicted octanol–water partition coefficient (Wildman–Crippen LogP) is 2.47. The van der Waals surface area contributed by atoms with Gasteiger partial charge in [-0.25, -0.2) is 4.98 Å². The fraction of sp³-hybridized carbons (Fsp3) is 0.267. The molecular weight excluding hydrogens is 256 g/mol. The molecular formula is C15H16N2O3. The van der Waals surface area contributed by atoms with E-state index in [9.17, 15) is 0 Å². The van der Waals surface area contributed by atoms with Crippen LogP contribution in [-0.2, 0) is 6.54 Å². The Morgan fingerprint density at radius 2 is 2.05 bits per heavy atom. The van der Waals surface area contributed by atoms with Crippen LogP contribution in [0.15, 0.2) is 36.5 Å². The van der Waals surface area contributed by atoms with Crippen molar-refractivity contribution in [1.82, 2.24) is 4.98 Å². The molecule has 0 radical (unpaired) electrons. The Bertz CT molecular complexity index is 601. The molecule has 0 unspecified atom stereocenters. The lowest BCUT2D eigenvalue weighted by atomic mass is 10.2. The van der Waals surface area contributed by atoms with Gasteiger partial charge in [-0.15, -0.1) is 0 Å². The van der Waals surface area contributed by atoms with Gasteiger partial charge in [-0.2, -0.15) is 0 Å². The van der Waals surface area contributed by atoms with Gasteiger partial charge >= 0.3 is 0 Å². The van der Waals surface area contributed by atoms with Crippen LogP contribution in [0, 0.1) is 0 Å². The Balaban J connectivity index is 1.72. The summed E-state index contributed by atoms with van der Waals surface area (Å²) in [7, 11) is 1.61. The minimum absolute atomic E-state index is 0.588. The molecule has 0 bridgehead atoms. The molecule has 0 saturated carbocycles. The fourth-order valence-electron chi connectivity index (χ4n) is 2.08. The Labute approximate surface area is 117 Å². The Morgan fingerprint density at radius 1 is 1.20 bits per heavy atom. The van der Waals surface area contributed by atoms with E-state index in [-0.39, 0.29) is 0 Å². The van der Waals surface area contributed by atoms with E-state index in [4.69, 9.17) is 14.2 Å². The van der Waals surface area contributed by atoms with Crippen LogP contribution < -0.4 is 19.5 Å². The van der Waals surface area contributed by atoms with Crippen molar-refractivity contribution < 1.29 is 14.2 Å². The number of pyridine rings is 1. The number of hydrogen-bond acceptors (Lipinski definition) is 5. The molecule has 1 N–H and O–H groups in total. The van der Waals surface area contributed by atoms with Gasteiger partial charge in [0.15, 0.2) is 11.5 Å². The van der Waals surface area contributed by atoms with Crippen molar-refractivity contribution in [3.8, 4) is 17.4 Å². The molecule has 5 heteroatoms. The molecule has 5 nitrogen and oxygen atoms in total. The molecule has 0 aliphatic carbocycles. The number of nitrogens with zero attached hydrogens (tertiary/aromatic N) is 1. The molecule has 2 heterocycles. The van der Waals surface area contributed by atoms with Gasteiger partial charge in [0, 0.05) is 12.7 Å². The molecule has 104 valence electrons. The maximum Gasteiger partial charge on any atom is 0.237 e. The van der Waals surface area contributed by atoms with Gasteiger partial charge in [-0.05, 0) is 29.8 Å². The molecule has 0 spiro atoms. The first-order chi connectivity index (χ1) is 9.86. The van der Waals surface area contributed by atoms with E-state index in [0.717, 1.165) is 22.7 Å². The van der Waals surface area contributed by atoms with E-state index in [1.54, 1.807) is 13.3 Å². The summed E-state index contributed by atoms with van der Waals surface area (Å²) >= 11 is 0. The minimum Gasteiger partial charge on any atom is -0.486 e. The number of nitrogens with one attached hydrogen (secondary N) is 1. The van der Waals surface area contributed by atoms with Crippen molar-refractivity contribution >= 4 is 5.69 Å². The second-order valence-corrected chi connectivity index (χ2v) is 4.39. The third kappa shape index (κ3) is 2.61. The number of aromatic nitrogens is 1. The van der Waals surface area contributed by atoms with E-state index in [1.165, 1.54) is 0 Å². The largest absolute Gasteiger partial charge is 0.486 e. The topological polar surface area (TPSA) is 52.6 Å². The summed E-state index contributed by atoms with van der Waals surface area (Å²) < 4.78 is 16.3. The Morgan fingerprint density at radius 3 is 2.90 bits per heavy atom. The van der Waals surface area contributed by atoms with Crippen LogP contribution in [0.1, 0.15) is 5.56 Å². The number of fused-ring (bicyclic) bond motifs is 1. The average Bonchev–Trinajstić information content (AvgIpc) is 2.53. The molecule has 20 heavy (non-hydrogen) atoms. The molecule has 0 fully saturated rings. The van der Waals surface area contributed by atoms with Crippen LogP contribution >= 0.6 is 0 Å². The van der Waals surface area contributed by atoms with E-state index in [2.05, 4.69) is 10.3 Å². The van der Waals surface area contributed by atoms with Gasteiger partial charge < -0.3 is 19.5 Å². The summed E-state index contributed by atoms with van der Waals surface area (Å²) in [6, 6.07) is 9.75. The third-order valence-electron chi connectivity index (χ3n) is 3.05. The number of methoxy groups -OCH3 is 1. The molecule has 1 aromatic heterocycles. The van der Waals surface area contributed by atoms with Crippen molar-refractivity contribution in [3.05, 3.63) is 42.1 Å². The van der Waals surface area contributed by atoms with Gasteiger partial charge in [0.1, 0.15) is 13.2 Å². The van der Waals surface area contributed by atoms with Crippen molar-refractivity contribution in [2.75, 3.05) is 25.6 Å². The number of anilines is 1. The maximum atomic E-state index is 5.57. The van der Waals surface area contributed by atoms with Gasteiger partial charge in [-0.3, -0.25) is 0 Å². The van der Waals surface area contributed by atoms with Gasteiger partial charge in [0.05, 0.1) is 12.8 Å². The average molecular weight is 272 g/mol. The fourth-order valence-corrected chi connectivity index (χ4v) is 2.08. The summed E-state index contributed by atoms with van der Waals surface area (Å²) in [5.74, 6) is 2.19. The predicted molar refractivity (Wildman–Crippen MR) is 75.5 cm³/mol. The Hall–Kier alpha value is -2.43. The van der Waals surface area contributed by atoms with Crippen LogP contribution in [0.5, 0.6) is 17.4 Å². The second-order valence-electron chi connectivity index (χ2n) is 4.39. The van der Waals surface area contributed by atoms with Crippen LogP contribution in [-0.4, -0.2) is 25.3 Å². The zero-order valence-electron chi connectivity index (χ0n) is 11.3. The SMILES string of the molecule is COc1ncccc1NCc1ccc2c(c1)OCCO2. The monoisotopic (exact) mass is 272 g/mol. The van der Waals surface area contributed by atoms with Crippen LogP contribution in [0.2, 0.25) is 0 Å². The van der Waals surface area contributed by atoms with Crippen molar-refractivity contribution in [2.24, 2.45) is 0 Å². The molecule has 2 aromatic rings. The first-order valence-corrected chi connectivity index (χ1v) is 6.48. The quantitative estimate of drug-likeness (QED) is 0.926. The van der Waals surface area contributed by atoms with E-state index >= 15 is 0 Å². The normalized spacial score (nSPS) is 12.8. The zero-order chi connectivity index (χ0) is 13.8. The van der Waals surface area contributed by atoms with Gasteiger partial charge in [0.25, 0.3) is 0 Å². The molecule has 0 saturated heterocycles. The van der Waals surface area contributed by atoms with Crippen LogP contribution in [0.25, 0.3) is 0 Å². The molecule has 0 atom stereocenters.